The molecular weight excluding hydrogens is 440 g/mol. The van der Waals surface area contributed by atoms with Crippen molar-refractivity contribution in [1.82, 2.24) is 9.88 Å². The number of H-pyrrole nitrogens is 1. The number of nitrogen functional groups attached to an aromatic ring is 1. The Morgan fingerprint density at radius 2 is 1.83 bits per heavy atom. The molecule has 6 rings (SSSR count). The fourth-order valence-electron chi connectivity index (χ4n) is 6.29. The number of anilines is 2. The van der Waals surface area contributed by atoms with Gasteiger partial charge in [0.1, 0.15) is 5.75 Å². The number of hydrogen-bond donors (Lipinski definition) is 2. The molecule has 2 aromatic carbocycles. The van der Waals surface area contributed by atoms with Crippen LogP contribution in [0.2, 0.25) is 0 Å². The smallest absolute Gasteiger partial charge is 0.195 e. The summed E-state index contributed by atoms with van der Waals surface area (Å²) in [6.07, 6.45) is 2.24. The molecule has 7 nitrogen and oxygen atoms in total. The molecule has 35 heavy (non-hydrogen) atoms. The number of carbonyl (C=O) groups is 1. The van der Waals surface area contributed by atoms with E-state index < -0.39 is 0 Å². The van der Waals surface area contributed by atoms with Gasteiger partial charge in [-0.15, -0.1) is 0 Å². The fraction of sp³-hybridized carbons (Fsp3) is 0.464. The Morgan fingerprint density at radius 1 is 1.09 bits per heavy atom. The summed E-state index contributed by atoms with van der Waals surface area (Å²) in [7, 11) is 1.70. The van der Waals surface area contributed by atoms with Gasteiger partial charge in [-0.25, -0.2) is 0 Å². The van der Waals surface area contributed by atoms with E-state index in [4.69, 9.17) is 15.2 Å². The number of carbonyl (C=O) groups excluding carboxylic acids is 1. The van der Waals surface area contributed by atoms with Gasteiger partial charge in [0, 0.05) is 65.5 Å². The Balaban J connectivity index is 1.37. The number of aromatic nitrogens is 1. The van der Waals surface area contributed by atoms with Crippen LogP contribution in [0.15, 0.2) is 30.3 Å². The second kappa shape index (κ2) is 8.28. The molecule has 0 spiro atoms. The molecule has 3 aromatic rings. The van der Waals surface area contributed by atoms with Crippen molar-refractivity contribution in [2.24, 2.45) is 0 Å². The first-order valence-corrected chi connectivity index (χ1v) is 12.6. The third-order valence-corrected chi connectivity index (χ3v) is 8.28. The van der Waals surface area contributed by atoms with Gasteiger partial charge in [-0.05, 0) is 42.7 Å². The molecule has 3 N–H and O–H groups in total. The topological polar surface area (TPSA) is 83.8 Å². The molecule has 2 aliphatic heterocycles. The van der Waals surface area contributed by atoms with Crippen LogP contribution in [0.25, 0.3) is 10.9 Å². The SMILES string of the molecule is COc1cc2c(cc1N1CCC(N3CCOCC3)CC1)C(C)(C)c1[nH]c3cc(N)ccc3c1C2=O. The van der Waals surface area contributed by atoms with Gasteiger partial charge >= 0.3 is 0 Å². The average molecular weight is 475 g/mol. The lowest BCUT2D eigenvalue weighted by Crippen LogP contribution is -2.49. The quantitative estimate of drug-likeness (QED) is 0.560. The van der Waals surface area contributed by atoms with E-state index in [9.17, 15) is 4.79 Å². The highest BCUT2D eigenvalue weighted by atomic mass is 16.5. The largest absolute Gasteiger partial charge is 0.495 e. The predicted octanol–water partition coefficient (Wildman–Crippen LogP) is 3.93. The lowest BCUT2D eigenvalue weighted by Gasteiger charge is -2.41. The maximum Gasteiger partial charge on any atom is 0.195 e. The minimum Gasteiger partial charge on any atom is -0.495 e. The van der Waals surface area contributed by atoms with Crippen molar-refractivity contribution in [3.63, 3.8) is 0 Å². The summed E-state index contributed by atoms with van der Waals surface area (Å²) in [5.74, 6) is 0.812. The zero-order chi connectivity index (χ0) is 24.3. The summed E-state index contributed by atoms with van der Waals surface area (Å²) in [5, 5.41) is 0.922. The number of ether oxygens (including phenoxy) is 2. The summed E-state index contributed by atoms with van der Waals surface area (Å²) in [5.41, 5.74) is 11.8. The van der Waals surface area contributed by atoms with Crippen LogP contribution in [0.1, 0.15) is 53.9 Å². The molecule has 0 saturated carbocycles. The van der Waals surface area contributed by atoms with Gasteiger partial charge < -0.3 is 25.1 Å². The van der Waals surface area contributed by atoms with E-state index in [2.05, 4.69) is 34.7 Å². The molecule has 7 heteroatoms. The average Bonchev–Trinajstić information content (AvgIpc) is 3.27. The molecule has 2 saturated heterocycles. The number of ketones is 1. The molecule has 184 valence electrons. The maximum atomic E-state index is 13.8. The summed E-state index contributed by atoms with van der Waals surface area (Å²) in [4.78, 5) is 22.3. The molecule has 3 heterocycles. The number of hydrogen-bond acceptors (Lipinski definition) is 6. The Kier molecular flexibility index (Phi) is 5.31. The lowest BCUT2D eigenvalue weighted by molar-refractivity contribution is 0.0115. The first-order valence-electron chi connectivity index (χ1n) is 12.6. The highest BCUT2D eigenvalue weighted by Gasteiger charge is 2.41. The number of piperidine rings is 1. The Labute approximate surface area is 206 Å². The monoisotopic (exact) mass is 474 g/mol. The van der Waals surface area contributed by atoms with Gasteiger partial charge in [-0.1, -0.05) is 19.9 Å². The van der Waals surface area contributed by atoms with Crippen molar-refractivity contribution < 1.29 is 14.3 Å². The molecule has 3 aliphatic rings. The van der Waals surface area contributed by atoms with Gasteiger partial charge in [-0.2, -0.15) is 0 Å². The van der Waals surface area contributed by atoms with Gasteiger partial charge in [-0.3, -0.25) is 9.69 Å². The zero-order valence-electron chi connectivity index (χ0n) is 20.8. The summed E-state index contributed by atoms with van der Waals surface area (Å²) in [6, 6.07) is 10.5. The number of nitrogens with zero attached hydrogens (tertiary/aromatic N) is 2. The van der Waals surface area contributed by atoms with Crippen molar-refractivity contribution in [3.8, 4) is 5.75 Å². The molecule has 0 atom stereocenters. The third-order valence-electron chi connectivity index (χ3n) is 8.28. The van der Waals surface area contributed by atoms with E-state index in [1.807, 2.05) is 24.3 Å². The minimum absolute atomic E-state index is 0.0428. The highest BCUT2D eigenvalue weighted by Crippen LogP contribution is 2.47. The van der Waals surface area contributed by atoms with Crippen LogP contribution in [0.3, 0.4) is 0 Å². The van der Waals surface area contributed by atoms with Gasteiger partial charge in [0.15, 0.2) is 5.78 Å². The number of benzene rings is 2. The van der Waals surface area contributed by atoms with Crippen LogP contribution in [0.4, 0.5) is 11.4 Å². The molecule has 0 unspecified atom stereocenters. The second-order valence-corrected chi connectivity index (χ2v) is 10.6. The van der Waals surface area contributed by atoms with Crippen molar-refractivity contribution in [1.29, 1.82) is 0 Å². The van der Waals surface area contributed by atoms with Crippen LogP contribution >= 0.6 is 0 Å². The molecule has 0 bridgehead atoms. The predicted molar refractivity (Wildman–Crippen MR) is 139 cm³/mol. The molecular formula is C28H34N4O3. The van der Waals surface area contributed by atoms with Crippen LogP contribution in [0.5, 0.6) is 5.75 Å². The maximum absolute atomic E-state index is 13.8. The molecule has 0 amide bonds. The Bertz CT molecular complexity index is 1300. The summed E-state index contributed by atoms with van der Waals surface area (Å²) >= 11 is 0. The van der Waals surface area contributed by atoms with E-state index in [-0.39, 0.29) is 11.2 Å². The summed E-state index contributed by atoms with van der Waals surface area (Å²) < 4.78 is 11.4. The summed E-state index contributed by atoms with van der Waals surface area (Å²) in [6.45, 7) is 10.1. The van der Waals surface area contributed by atoms with Crippen molar-refractivity contribution in [2.75, 3.05) is 57.1 Å². The van der Waals surface area contributed by atoms with Crippen LogP contribution in [0, 0.1) is 0 Å². The second-order valence-electron chi connectivity index (χ2n) is 10.6. The first kappa shape index (κ1) is 22.4. The van der Waals surface area contributed by atoms with Gasteiger partial charge in [0.05, 0.1) is 31.6 Å². The molecule has 1 aliphatic carbocycles. The van der Waals surface area contributed by atoms with Crippen LogP contribution in [-0.4, -0.2) is 68.2 Å². The van der Waals surface area contributed by atoms with Crippen LogP contribution < -0.4 is 15.4 Å². The van der Waals surface area contributed by atoms with Crippen molar-refractivity contribution in [3.05, 3.63) is 52.7 Å². The molecule has 0 radical (unpaired) electrons. The fourth-order valence-corrected chi connectivity index (χ4v) is 6.29. The number of aromatic amines is 1. The van der Waals surface area contributed by atoms with Gasteiger partial charge in [0.25, 0.3) is 0 Å². The number of nitrogens with two attached hydrogens (primary N) is 1. The van der Waals surface area contributed by atoms with E-state index in [1.165, 1.54) is 0 Å². The zero-order valence-corrected chi connectivity index (χ0v) is 20.8. The third kappa shape index (κ3) is 3.52. The number of methoxy groups -OCH3 is 1. The standard InChI is InChI=1S/C28H34N4O3/c1-28(2)21-16-23(32-8-6-18(7-9-32)31-10-12-35-13-11-31)24(34-3)15-20(21)26(33)25-19-5-4-17(29)14-22(19)30-27(25)28/h4-5,14-16,18,30H,6-13,29H2,1-3H3. The number of nitrogens with one attached hydrogen (secondary N) is 1. The van der Waals surface area contributed by atoms with Crippen molar-refractivity contribution in [2.45, 2.75) is 38.1 Å². The number of morpholine rings is 1. The van der Waals surface area contributed by atoms with E-state index in [0.29, 0.717) is 11.7 Å². The minimum atomic E-state index is -0.362. The van der Waals surface area contributed by atoms with E-state index in [0.717, 1.165) is 97.0 Å². The van der Waals surface area contributed by atoms with Crippen molar-refractivity contribution >= 4 is 28.1 Å². The van der Waals surface area contributed by atoms with Gasteiger partial charge in [0.2, 0.25) is 0 Å². The molecule has 1 aromatic heterocycles. The normalized spacial score (nSPS) is 20.7. The Morgan fingerprint density at radius 3 is 2.54 bits per heavy atom. The first-order chi connectivity index (χ1) is 16.9. The number of rotatable bonds is 3. The van der Waals surface area contributed by atoms with Crippen LogP contribution in [-0.2, 0) is 10.2 Å². The highest BCUT2D eigenvalue weighted by molar-refractivity contribution is 6.20. The van der Waals surface area contributed by atoms with E-state index >= 15 is 0 Å². The Hall–Kier alpha value is -3.03. The molecule has 2 fully saturated rings. The lowest BCUT2D eigenvalue weighted by atomic mass is 9.71. The number of fused-ring (bicyclic) bond motifs is 4. The van der Waals surface area contributed by atoms with E-state index in [1.54, 1.807) is 7.11 Å².